The number of benzene rings is 3. The molecule has 1 heteroatoms. The van der Waals surface area contributed by atoms with Crippen LogP contribution in [0.1, 0.15) is 47.6 Å². The lowest BCUT2D eigenvalue weighted by Crippen LogP contribution is -2.00. The third-order valence-corrected chi connectivity index (χ3v) is 6.12. The van der Waals surface area contributed by atoms with E-state index in [1.807, 2.05) is 11.8 Å². The molecule has 3 aromatic carbocycles. The number of hydrogen-bond acceptors (Lipinski definition) is 1. The first kappa shape index (κ1) is 16.2. The van der Waals surface area contributed by atoms with E-state index in [9.17, 15) is 0 Å². The first-order chi connectivity index (χ1) is 12.1. The van der Waals surface area contributed by atoms with Crippen molar-refractivity contribution in [3.63, 3.8) is 0 Å². The summed E-state index contributed by atoms with van der Waals surface area (Å²) >= 11 is 1.88. The van der Waals surface area contributed by atoms with Gasteiger partial charge in [-0.3, -0.25) is 0 Å². The van der Waals surface area contributed by atoms with Crippen molar-refractivity contribution in [2.24, 2.45) is 0 Å². The molecule has 124 valence electrons. The number of rotatable bonds is 3. The van der Waals surface area contributed by atoms with Crippen molar-refractivity contribution in [1.29, 1.82) is 0 Å². The molecule has 1 heterocycles. The van der Waals surface area contributed by atoms with Gasteiger partial charge in [0.1, 0.15) is 0 Å². The van der Waals surface area contributed by atoms with Crippen LogP contribution < -0.4 is 0 Å². The summed E-state index contributed by atoms with van der Waals surface area (Å²) in [6.07, 6.45) is 1.01. The molecule has 0 unspecified atom stereocenters. The molecule has 3 aromatic rings. The summed E-state index contributed by atoms with van der Waals surface area (Å²) in [6, 6.07) is 24.3. The van der Waals surface area contributed by atoms with E-state index in [4.69, 9.17) is 0 Å². The molecular weight excluding hydrogens is 320 g/mol. The highest BCUT2D eigenvalue weighted by molar-refractivity contribution is 7.99. The standard InChI is InChI=1S/C24H22S/c1-16(2)18-8-6-9-19(13-18)17(3)20-11-12-24-22(14-20)15-21-7-4-5-10-23(21)25-24/h4-14,16H,3,15H2,1-2H3. The minimum atomic E-state index is 0.532. The van der Waals surface area contributed by atoms with E-state index < -0.39 is 0 Å². The monoisotopic (exact) mass is 342 g/mol. The van der Waals surface area contributed by atoms with Crippen LogP contribution in [0, 0.1) is 0 Å². The van der Waals surface area contributed by atoms with E-state index in [1.165, 1.54) is 37.6 Å². The van der Waals surface area contributed by atoms with Gasteiger partial charge in [0.2, 0.25) is 0 Å². The smallest absolute Gasteiger partial charge is 0.0158 e. The topological polar surface area (TPSA) is 0 Å². The highest BCUT2D eigenvalue weighted by Gasteiger charge is 2.16. The third-order valence-electron chi connectivity index (χ3n) is 4.88. The van der Waals surface area contributed by atoms with Crippen LogP contribution in [0.25, 0.3) is 5.57 Å². The zero-order valence-electron chi connectivity index (χ0n) is 14.8. The van der Waals surface area contributed by atoms with Gasteiger partial charge in [-0.25, -0.2) is 0 Å². The van der Waals surface area contributed by atoms with E-state index in [2.05, 4.69) is 87.2 Å². The summed E-state index contributed by atoms with van der Waals surface area (Å²) in [7, 11) is 0. The van der Waals surface area contributed by atoms with Gasteiger partial charge < -0.3 is 0 Å². The Labute approximate surface area is 154 Å². The molecule has 0 saturated carbocycles. The largest absolute Gasteiger partial charge is 0.0906 e. The second kappa shape index (κ2) is 6.57. The maximum atomic E-state index is 4.38. The fourth-order valence-electron chi connectivity index (χ4n) is 3.33. The predicted octanol–water partition coefficient (Wildman–Crippen LogP) is 6.93. The summed E-state index contributed by atoms with van der Waals surface area (Å²) in [6.45, 7) is 8.85. The van der Waals surface area contributed by atoms with Gasteiger partial charge in [-0.15, -0.1) is 0 Å². The third kappa shape index (κ3) is 3.17. The maximum Gasteiger partial charge on any atom is 0.0158 e. The molecule has 0 aliphatic carbocycles. The van der Waals surface area contributed by atoms with Crippen molar-refractivity contribution >= 4 is 17.3 Å². The summed E-state index contributed by atoms with van der Waals surface area (Å²) < 4.78 is 0. The van der Waals surface area contributed by atoms with Gasteiger partial charge in [0.05, 0.1) is 0 Å². The lowest BCUT2D eigenvalue weighted by Gasteiger charge is -2.20. The minimum Gasteiger partial charge on any atom is -0.0906 e. The average Bonchev–Trinajstić information content (AvgIpc) is 2.65. The summed E-state index contributed by atoms with van der Waals surface area (Å²) in [5, 5.41) is 0. The molecule has 0 fully saturated rings. The lowest BCUT2D eigenvalue weighted by molar-refractivity contribution is 0.866. The molecule has 0 radical (unpaired) electrons. The van der Waals surface area contributed by atoms with Crippen LogP contribution in [-0.4, -0.2) is 0 Å². The molecule has 0 nitrogen and oxygen atoms in total. The quantitative estimate of drug-likeness (QED) is 0.389. The summed E-state index contributed by atoms with van der Waals surface area (Å²) in [4.78, 5) is 2.75. The summed E-state index contributed by atoms with van der Waals surface area (Å²) in [5.41, 5.74) is 7.73. The second-order valence-electron chi connectivity index (χ2n) is 6.97. The molecule has 0 saturated heterocycles. The van der Waals surface area contributed by atoms with Crippen molar-refractivity contribution in [1.82, 2.24) is 0 Å². The zero-order valence-corrected chi connectivity index (χ0v) is 15.6. The highest BCUT2D eigenvalue weighted by atomic mass is 32.2. The van der Waals surface area contributed by atoms with E-state index in [1.54, 1.807) is 0 Å². The fourth-order valence-corrected chi connectivity index (χ4v) is 4.38. The van der Waals surface area contributed by atoms with Crippen molar-refractivity contribution in [2.45, 2.75) is 36.0 Å². The Morgan fingerprint density at radius 1 is 0.840 bits per heavy atom. The van der Waals surface area contributed by atoms with Crippen LogP contribution in [0.4, 0.5) is 0 Å². The molecule has 0 aromatic heterocycles. The van der Waals surface area contributed by atoms with Gasteiger partial charge in [0.25, 0.3) is 0 Å². The van der Waals surface area contributed by atoms with Crippen LogP contribution in [0.2, 0.25) is 0 Å². The Hall–Kier alpha value is -2.25. The Morgan fingerprint density at radius 3 is 2.44 bits per heavy atom. The normalized spacial score (nSPS) is 12.6. The molecule has 1 aliphatic rings. The molecular formula is C24H22S. The van der Waals surface area contributed by atoms with Crippen molar-refractivity contribution in [2.75, 3.05) is 0 Å². The minimum absolute atomic E-state index is 0.532. The number of fused-ring (bicyclic) bond motifs is 2. The van der Waals surface area contributed by atoms with Gasteiger partial charge in [-0.1, -0.05) is 80.7 Å². The van der Waals surface area contributed by atoms with Crippen LogP contribution in [0.3, 0.4) is 0 Å². The Kier molecular flexibility index (Phi) is 4.27. The van der Waals surface area contributed by atoms with Gasteiger partial charge in [-0.05, 0) is 63.9 Å². The molecule has 0 bridgehead atoms. The van der Waals surface area contributed by atoms with Crippen molar-refractivity contribution in [3.05, 3.63) is 101 Å². The van der Waals surface area contributed by atoms with Crippen molar-refractivity contribution in [3.8, 4) is 0 Å². The molecule has 25 heavy (non-hydrogen) atoms. The van der Waals surface area contributed by atoms with E-state index >= 15 is 0 Å². The number of hydrogen-bond donors (Lipinski definition) is 0. The molecule has 0 N–H and O–H groups in total. The average molecular weight is 343 g/mol. The predicted molar refractivity (Wildman–Crippen MR) is 108 cm³/mol. The fraction of sp³-hybridized carbons (Fsp3) is 0.167. The van der Waals surface area contributed by atoms with Gasteiger partial charge >= 0.3 is 0 Å². The first-order valence-corrected chi connectivity index (χ1v) is 9.62. The molecule has 0 atom stereocenters. The highest BCUT2D eigenvalue weighted by Crippen LogP contribution is 2.40. The van der Waals surface area contributed by atoms with Gasteiger partial charge in [-0.2, -0.15) is 0 Å². The van der Waals surface area contributed by atoms with E-state index in [-0.39, 0.29) is 0 Å². The Morgan fingerprint density at radius 2 is 1.60 bits per heavy atom. The van der Waals surface area contributed by atoms with Crippen LogP contribution in [0.15, 0.2) is 83.1 Å². The first-order valence-electron chi connectivity index (χ1n) is 8.80. The maximum absolute atomic E-state index is 4.38. The Balaban J connectivity index is 1.67. The second-order valence-corrected chi connectivity index (χ2v) is 8.05. The molecule has 0 spiro atoms. The Bertz CT molecular complexity index is 950. The van der Waals surface area contributed by atoms with Crippen molar-refractivity contribution < 1.29 is 0 Å². The molecule has 0 amide bonds. The van der Waals surface area contributed by atoms with Crippen LogP contribution >= 0.6 is 11.8 Å². The lowest BCUT2D eigenvalue weighted by atomic mass is 9.93. The molecule has 4 rings (SSSR count). The van der Waals surface area contributed by atoms with Gasteiger partial charge in [0, 0.05) is 9.79 Å². The van der Waals surface area contributed by atoms with E-state index in [0.29, 0.717) is 5.92 Å². The summed E-state index contributed by atoms with van der Waals surface area (Å²) in [5.74, 6) is 0.532. The molecule has 1 aliphatic heterocycles. The van der Waals surface area contributed by atoms with Crippen LogP contribution in [-0.2, 0) is 6.42 Å². The van der Waals surface area contributed by atoms with E-state index in [0.717, 1.165) is 12.0 Å². The SMILES string of the molecule is C=C(c1cccc(C(C)C)c1)c1ccc2c(c1)Cc1ccccc1S2. The zero-order chi connectivity index (χ0) is 17.4. The van der Waals surface area contributed by atoms with Crippen LogP contribution in [0.5, 0.6) is 0 Å². The van der Waals surface area contributed by atoms with Gasteiger partial charge in [0.15, 0.2) is 0 Å².